The summed E-state index contributed by atoms with van der Waals surface area (Å²) >= 11 is 1.66. The summed E-state index contributed by atoms with van der Waals surface area (Å²) in [4.78, 5) is 16.3. The number of hydrogen-bond acceptors (Lipinski definition) is 5. The molecular weight excluding hydrogens is 298 g/mol. The largest absolute Gasteiger partial charge is 0.352 e. The Bertz CT molecular complexity index is 636. The van der Waals surface area contributed by atoms with E-state index < -0.39 is 0 Å². The lowest BCUT2D eigenvalue weighted by Crippen LogP contribution is -2.26. The van der Waals surface area contributed by atoms with Crippen LogP contribution in [0.25, 0.3) is 0 Å². The number of hydrogen-bond donors (Lipinski definition) is 1. The Kier molecular flexibility index (Phi) is 4.72. The third-order valence-corrected chi connectivity index (χ3v) is 4.34. The third kappa shape index (κ3) is 3.65. The molecule has 0 radical (unpaired) electrons. The fourth-order valence-electron chi connectivity index (χ4n) is 2.24. The Morgan fingerprint density at radius 3 is 3.00 bits per heavy atom. The second-order valence-electron chi connectivity index (χ2n) is 5.21. The van der Waals surface area contributed by atoms with Gasteiger partial charge in [-0.15, -0.1) is 22.0 Å². The van der Waals surface area contributed by atoms with Crippen LogP contribution in [0.4, 0.5) is 0 Å². The van der Waals surface area contributed by atoms with Crippen LogP contribution in [0.1, 0.15) is 42.0 Å². The zero-order chi connectivity index (χ0) is 15.4. The van der Waals surface area contributed by atoms with Gasteiger partial charge in [-0.25, -0.2) is 4.98 Å². The summed E-state index contributed by atoms with van der Waals surface area (Å²) < 4.78 is 2.12. The Balaban J connectivity index is 1.50. The molecule has 0 saturated heterocycles. The summed E-state index contributed by atoms with van der Waals surface area (Å²) in [5.41, 5.74) is 0.587. The van der Waals surface area contributed by atoms with Crippen molar-refractivity contribution in [3.63, 3.8) is 0 Å². The van der Waals surface area contributed by atoms with Gasteiger partial charge in [-0.3, -0.25) is 4.79 Å². The van der Waals surface area contributed by atoms with E-state index in [1.807, 2.05) is 12.1 Å². The first-order valence-electron chi connectivity index (χ1n) is 7.53. The molecule has 7 heteroatoms. The zero-order valence-electron chi connectivity index (χ0n) is 12.5. The van der Waals surface area contributed by atoms with Gasteiger partial charge >= 0.3 is 0 Å². The van der Waals surface area contributed by atoms with Gasteiger partial charge in [0.1, 0.15) is 12.2 Å². The van der Waals surface area contributed by atoms with Gasteiger partial charge in [-0.2, -0.15) is 0 Å². The standard InChI is InChI=1S/C15H19N5OS/c1-2-22-14-6-3-11(9-17-14)15(21)16-8-7-13-19-18-10-20(13)12-4-5-12/h3,6,9-10,12H,2,4-5,7-8H2,1H3,(H,16,21). The van der Waals surface area contributed by atoms with Gasteiger partial charge in [-0.05, 0) is 30.7 Å². The van der Waals surface area contributed by atoms with Crippen LogP contribution in [0.3, 0.4) is 0 Å². The molecule has 1 fully saturated rings. The maximum Gasteiger partial charge on any atom is 0.252 e. The van der Waals surface area contributed by atoms with Gasteiger partial charge < -0.3 is 9.88 Å². The number of pyridine rings is 1. The number of nitrogens with one attached hydrogen (secondary N) is 1. The number of aromatic nitrogens is 4. The summed E-state index contributed by atoms with van der Waals surface area (Å²) in [5, 5.41) is 11.9. The minimum atomic E-state index is -0.0990. The van der Waals surface area contributed by atoms with Gasteiger partial charge in [0.15, 0.2) is 0 Å². The van der Waals surface area contributed by atoms with E-state index in [0.717, 1.165) is 16.6 Å². The Morgan fingerprint density at radius 1 is 1.45 bits per heavy atom. The molecule has 1 saturated carbocycles. The molecule has 0 aliphatic heterocycles. The van der Waals surface area contributed by atoms with Crippen LogP contribution in [0.5, 0.6) is 0 Å². The molecule has 1 aliphatic carbocycles. The van der Waals surface area contributed by atoms with E-state index in [9.17, 15) is 4.79 Å². The van der Waals surface area contributed by atoms with Crippen molar-refractivity contribution in [1.29, 1.82) is 0 Å². The van der Waals surface area contributed by atoms with E-state index in [0.29, 0.717) is 24.6 Å². The quantitative estimate of drug-likeness (QED) is 0.792. The van der Waals surface area contributed by atoms with Crippen molar-refractivity contribution in [2.24, 2.45) is 0 Å². The van der Waals surface area contributed by atoms with Crippen molar-refractivity contribution in [1.82, 2.24) is 25.1 Å². The summed E-state index contributed by atoms with van der Waals surface area (Å²) in [6.45, 7) is 2.63. The number of thioether (sulfide) groups is 1. The zero-order valence-corrected chi connectivity index (χ0v) is 13.3. The van der Waals surface area contributed by atoms with E-state index in [1.54, 1.807) is 24.3 Å². The molecule has 1 N–H and O–H groups in total. The Labute approximate surface area is 133 Å². The normalized spacial score (nSPS) is 14.0. The van der Waals surface area contributed by atoms with Crippen LogP contribution in [0.15, 0.2) is 29.7 Å². The first-order chi connectivity index (χ1) is 10.8. The van der Waals surface area contributed by atoms with Gasteiger partial charge in [-0.1, -0.05) is 6.92 Å². The maximum absolute atomic E-state index is 12.1. The fraction of sp³-hybridized carbons (Fsp3) is 0.467. The second kappa shape index (κ2) is 6.91. The number of amides is 1. The molecule has 1 aliphatic rings. The maximum atomic E-state index is 12.1. The van der Waals surface area contributed by atoms with Gasteiger partial charge in [0.25, 0.3) is 5.91 Å². The van der Waals surface area contributed by atoms with E-state index in [1.165, 1.54) is 12.8 Å². The average molecular weight is 317 g/mol. The van der Waals surface area contributed by atoms with Crippen LogP contribution in [0, 0.1) is 0 Å². The number of carbonyl (C=O) groups excluding carboxylic acids is 1. The van der Waals surface area contributed by atoms with Gasteiger partial charge in [0.05, 0.1) is 10.6 Å². The molecule has 6 nitrogen and oxygen atoms in total. The highest BCUT2D eigenvalue weighted by atomic mass is 32.2. The van der Waals surface area contributed by atoms with Crippen molar-refractivity contribution < 1.29 is 4.79 Å². The topological polar surface area (TPSA) is 72.7 Å². The van der Waals surface area contributed by atoms with E-state index in [2.05, 4.69) is 32.0 Å². The predicted molar refractivity (Wildman–Crippen MR) is 85.0 cm³/mol. The molecule has 0 bridgehead atoms. The van der Waals surface area contributed by atoms with Crippen molar-refractivity contribution in [2.75, 3.05) is 12.3 Å². The Morgan fingerprint density at radius 2 is 2.32 bits per heavy atom. The fourth-order valence-corrected chi connectivity index (χ4v) is 2.83. The van der Waals surface area contributed by atoms with Crippen molar-refractivity contribution in [2.45, 2.75) is 37.3 Å². The smallest absolute Gasteiger partial charge is 0.252 e. The average Bonchev–Trinajstić information content (AvgIpc) is 3.27. The molecule has 0 unspecified atom stereocenters. The molecule has 2 heterocycles. The van der Waals surface area contributed by atoms with Crippen molar-refractivity contribution >= 4 is 17.7 Å². The Hall–Kier alpha value is -1.89. The van der Waals surface area contributed by atoms with Gasteiger partial charge in [0.2, 0.25) is 0 Å². The lowest BCUT2D eigenvalue weighted by Gasteiger charge is -2.07. The lowest BCUT2D eigenvalue weighted by molar-refractivity contribution is 0.0953. The highest BCUT2D eigenvalue weighted by Gasteiger charge is 2.25. The summed E-state index contributed by atoms with van der Waals surface area (Å²) in [6, 6.07) is 4.26. The number of rotatable bonds is 7. The third-order valence-electron chi connectivity index (χ3n) is 3.51. The van der Waals surface area contributed by atoms with Crippen LogP contribution in [-0.2, 0) is 6.42 Å². The van der Waals surface area contributed by atoms with Gasteiger partial charge in [0, 0.05) is 25.2 Å². The first kappa shape index (κ1) is 15.0. The molecule has 0 atom stereocenters. The van der Waals surface area contributed by atoms with E-state index in [4.69, 9.17) is 0 Å². The molecule has 2 aromatic rings. The monoisotopic (exact) mass is 317 g/mol. The lowest BCUT2D eigenvalue weighted by atomic mass is 10.2. The first-order valence-corrected chi connectivity index (χ1v) is 8.52. The second-order valence-corrected chi connectivity index (χ2v) is 6.49. The highest BCUT2D eigenvalue weighted by Crippen LogP contribution is 2.35. The number of nitrogens with zero attached hydrogens (tertiary/aromatic N) is 4. The summed E-state index contributed by atoms with van der Waals surface area (Å²) in [6.07, 6.45) is 6.50. The van der Waals surface area contributed by atoms with E-state index >= 15 is 0 Å². The molecule has 1 amide bonds. The van der Waals surface area contributed by atoms with Crippen LogP contribution in [-0.4, -0.2) is 38.0 Å². The summed E-state index contributed by atoms with van der Waals surface area (Å²) in [7, 11) is 0. The van der Waals surface area contributed by atoms with E-state index in [-0.39, 0.29) is 5.91 Å². The summed E-state index contributed by atoms with van der Waals surface area (Å²) in [5.74, 6) is 1.81. The molecule has 22 heavy (non-hydrogen) atoms. The highest BCUT2D eigenvalue weighted by molar-refractivity contribution is 7.99. The minimum absolute atomic E-state index is 0.0990. The molecule has 3 rings (SSSR count). The van der Waals surface area contributed by atoms with Crippen LogP contribution < -0.4 is 5.32 Å². The predicted octanol–water partition coefficient (Wildman–Crippen LogP) is 2.09. The minimum Gasteiger partial charge on any atom is -0.352 e. The van der Waals surface area contributed by atoms with Crippen LogP contribution >= 0.6 is 11.8 Å². The van der Waals surface area contributed by atoms with Crippen LogP contribution in [0.2, 0.25) is 0 Å². The SMILES string of the molecule is CCSc1ccc(C(=O)NCCc2nncn2C2CC2)cn1. The molecular formula is C15H19N5OS. The molecule has 0 spiro atoms. The molecule has 2 aromatic heterocycles. The van der Waals surface area contributed by atoms with Crippen molar-refractivity contribution in [3.05, 3.63) is 36.0 Å². The molecule has 0 aromatic carbocycles. The molecule has 116 valence electrons. The number of carbonyl (C=O) groups is 1. The van der Waals surface area contributed by atoms with Crippen molar-refractivity contribution in [3.8, 4) is 0 Å².